The number of aromatic nitrogens is 5. The second-order valence-corrected chi connectivity index (χ2v) is 8.80. The number of hydrogen-bond acceptors (Lipinski definition) is 7. The van der Waals surface area contributed by atoms with Gasteiger partial charge in [0.25, 0.3) is 0 Å². The Hall–Kier alpha value is -1.06. The maximum atomic E-state index is 11.7. The van der Waals surface area contributed by atoms with Gasteiger partial charge in [-0.1, -0.05) is 11.6 Å². The van der Waals surface area contributed by atoms with Crippen LogP contribution in [-0.2, 0) is 21.1 Å². The molecule has 0 N–H and O–H groups in total. The van der Waals surface area contributed by atoms with Crippen LogP contribution < -0.4 is 0 Å². The van der Waals surface area contributed by atoms with E-state index < -0.39 is 14.6 Å². The van der Waals surface area contributed by atoms with Crippen molar-refractivity contribution < 1.29 is 8.42 Å². The monoisotopic (exact) mass is 321 g/mol. The molecule has 0 radical (unpaired) electrons. The van der Waals surface area contributed by atoms with Gasteiger partial charge < -0.3 is 0 Å². The average Bonchev–Trinajstić information content (AvgIpc) is 2.87. The van der Waals surface area contributed by atoms with Gasteiger partial charge in [-0.2, -0.15) is 4.80 Å². The summed E-state index contributed by atoms with van der Waals surface area (Å²) in [6.07, 6.45) is 2.69. The van der Waals surface area contributed by atoms with Gasteiger partial charge in [0.1, 0.15) is 20.6 Å². The normalized spacial score (nSPS) is 12.8. The molecular weight excluding hydrogens is 310 g/mol. The Morgan fingerprint density at radius 3 is 2.68 bits per heavy atom. The summed E-state index contributed by atoms with van der Waals surface area (Å²) in [4.78, 5) is 5.37. The van der Waals surface area contributed by atoms with Crippen molar-refractivity contribution in [2.75, 3.05) is 6.26 Å². The standard InChI is InChI=1S/C9H12ClN5O2S2/c1-9(2,19(3,16)17)8-12-14-15(13-8)5-7-11-4-6(10)18-7/h4H,5H2,1-3H3. The molecule has 0 amide bonds. The molecule has 0 bridgehead atoms. The van der Waals surface area contributed by atoms with Crippen LogP contribution in [-0.4, -0.2) is 39.9 Å². The summed E-state index contributed by atoms with van der Waals surface area (Å²) in [7, 11) is -3.32. The topological polar surface area (TPSA) is 90.6 Å². The Kier molecular flexibility index (Phi) is 3.63. The molecule has 0 aliphatic carbocycles. The minimum atomic E-state index is -3.32. The van der Waals surface area contributed by atoms with Gasteiger partial charge >= 0.3 is 0 Å². The molecular formula is C9H12ClN5O2S2. The lowest BCUT2D eigenvalue weighted by atomic mass is 10.2. The highest BCUT2D eigenvalue weighted by molar-refractivity contribution is 7.91. The van der Waals surface area contributed by atoms with Crippen LogP contribution in [0.25, 0.3) is 0 Å². The lowest BCUT2D eigenvalue weighted by Crippen LogP contribution is -2.29. The summed E-state index contributed by atoms with van der Waals surface area (Å²) >= 11 is 7.09. The molecule has 0 spiro atoms. The molecule has 7 nitrogen and oxygen atoms in total. The smallest absolute Gasteiger partial charge is 0.195 e. The number of hydrogen-bond donors (Lipinski definition) is 0. The molecule has 2 aromatic heterocycles. The minimum Gasteiger partial charge on any atom is -0.246 e. The first kappa shape index (κ1) is 14.4. The van der Waals surface area contributed by atoms with E-state index in [4.69, 9.17) is 11.6 Å². The van der Waals surface area contributed by atoms with E-state index in [1.165, 1.54) is 16.1 Å². The molecule has 0 saturated heterocycles. The SMILES string of the molecule is CC(C)(c1nnn(Cc2ncc(Cl)s2)n1)S(C)(=O)=O. The molecule has 2 heterocycles. The Balaban J connectivity index is 2.25. The highest BCUT2D eigenvalue weighted by Gasteiger charge is 2.37. The zero-order valence-electron chi connectivity index (χ0n) is 10.5. The summed E-state index contributed by atoms with van der Waals surface area (Å²) in [5.74, 6) is 0.164. The van der Waals surface area contributed by atoms with Crippen LogP contribution in [0, 0.1) is 0 Å². The number of nitrogens with zero attached hydrogens (tertiary/aromatic N) is 5. The molecule has 104 valence electrons. The summed E-state index contributed by atoms with van der Waals surface area (Å²) in [6, 6.07) is 0. The van der Waals surface area contributed by atoms with Crippen LogP contribution in [0.15, 0.2) is 6.20 Å². The Labute approximate surface area is 119 Å². The first-order valence-corrected chi connectivity index (χ1v) is 8.37. The summed E-state index contributed by atoms with van der Waals surface area (Å²) in [6.45, 7) is 3.40. The van der Waals surface area contributed by atoms with Crippen molar-refractivity contribution in [3.63, 3.8) is 0 Å². The number of rotatable bonds is 4. The van der Waals surface area contributed by atoms with Gasteiger partial charge in [0.15, 0.2) is 15.7 Å². The number of thiazole rings is 1. The first-order chi connectivity index (χ1) is 8.70. The second-order valence-electron chi connectivity index (χ2n) is 4.48. The molecule has 0 atom stereocenters. The summed E-state index contributed by atoms with van der Waals surface area (Å²) in [5, 5.41) is 12.5. The van der Waals surface area contributed by atoms with Gasteiger partial charge in [-0.15, -0.1) is 21.5 Å². The molecule has 0 fully saturated rings. The third-order valence-electron chi connectivity index (χ3n) is 2.72. The van der Waals surface area contributed by atoms with Gasteiger partial charge in [0, 0.05) is 6.26 Å². The number of tetrazole rings is 1. The Morgan fingerprint density at radius 1 is 1.47 bits per heavy atom. The molecule has 2 rings (SSSR count). The molecule has 0 aliphatic heterocycles. The molecule has 2 aromatic rings. The van der Waals surface area contributed by atoms with E-state index in [-0.39, 0.29) is 5.82 Å². The second kappa shape index (κ2) is 4.80. The van der Waals surface area contributed by atoms with Crippen molar-refractivity contribution >= 4 is 32.8 Å². The lowest BCUT2D eigenvalue weighted by Gasteiger charge is -2.17. The van der Waals surface area contributed by atoms with Crippen molar-refractivity contribution in [1.29, 1.82) is 0 Å². The van der Waals surface area contributed by atoms with Crippen LogP contribution in [0.1, 0.15) is 24.7 Å². The van der Waals surface area contributed by atoms with E-state index >= 15 is 0 Å². The third kappa shape index (κ3) is 2.93. The summed E-state index contributed by atoms with van der Waals surface area (Å²) in [5.41, 5.74) is 0. The maximum absolute atomic E-state index is 11.7. The van der Waals surface area contributed by atoms with Crippen LogP contribution in [0.2, 0.25) is 4.34 Å². The van der Waals surface area contributed by atoms with Gasteiger partial charge in [0.05, 0.1) is 6.20 Å². The van der Waals surface area contributed by atoms with E-state index in [1.54, 1.807) is 20.0 Å². The van der Waals surface area contributed by atoms with E-state index in [0.29, 0.717) is 10.9 Å². The van der Waals surface area contributed by atoms with E-state index in [0.717, 1.165) is 11.3 Å². The van der Waals surface area contributed by atoms with Crippen LogP contribution >= 0.6 is 22.9 Å². The predicted octanol–water partition coefficient (Wildman–Crippen LogP) is 1.11. The number of sulfone groups is 1. The molecule has 10 heteroatoms. The Bertz CT molecular complexity index is 691. The molecule has 0 aliphatic rings. The van der Waals surface area contributed by atoms with Gasteiger partial charge in [0.2, 0.25) is 0 Å². The van der Waals surface area contributed by atoms with E-state index in [2.05, 4.69) is 20.4 Å². The van der Waals surface area contributed by atoms with E-state index in [1.807, 2.05) is 0 Å². The van der Waals surface area contributed by atoms with Crippen LogP contribution in [0.5, 0.6) is 0 Å². The van der Waals surface area contributed by atoms with Crippen molar-refractivity contribution in [3.8, 4) is 0 Å². The Morgan fingerprint density at radius 2 is 2.16 bits per heavy atom. The highest BCUT2D eigenvalue weighted by atomic mass is 35.5. The largest absolute Gasteiger partial charge is 0.246 e. The summed E-state index contributed by atoms with van der Waals surface area (Å²) < 4.78 is 22.8. The lowest BCUT2D eigenvalue weighted by molar-refractivity contribution is 0.541. The van der Waals surface area contributed by atoms with Crippen molar-refractivity contribution in [3.05, 3.63) is 21.4 Å². The molecule has 0 unspecified atom stereocenters. The zero-order chi connectivity index (χ0) is 14.3. The molecule has 19 heavy (non-hydrogen) atoms. The fraction of sp³-hybridized carbons (Fsp3) is 0.556. The average molecular weight is 322 g/mol. The quantitative estimate of drug-likeness (QED) is 0.838. The van der Waals surface area contributed by atoms with Gasteiger partial charge in [-0.25, -0.2) is 13.4 Å². The fourth-order valence-electron chi connectivity index (χ4n) is 1.20. The van der Waals surface area contributed by atoms with Gasteiger partial charge in [-0.05, 0) is 19.1 Å². The van der Waals surface area contributed by atoms with Crippen molar-refractivity contribution in [2.45, 2.75) is 25.1 Å². The third-order valence-corrected chi connectivity index (χ3v) is 5.86. The van der Waals surface area contributed by atoms with Crippen molar-refractivity contribution in [2.24, 2.45) is 0 Å². The fourth-order valence-corrected chi connectivity index (χ4v) is 2.54. The van der Waals surface area contributed by atoms with Crippen LogP contribution in [0.4, 0.5) is 0 Å². The van der Waals surface area contributed by atoms with Gasteiger partial charge in [-0.3, -0.25) is 0 Å². The van der Waals surface area contributed by atoms with Crippen molar-refractivity contribution in [1.82, 2.24) is 25.2 Å². The predicted molar refractivity (Wildman–Crippen MR) is 71.9 cm³/mol. The van der Waals surface area contributed by atoms with E-state index in [9.17, 15) is 8.42 Å². The number of halogens is 1. The first-order valence-electron chi connectivity index (χ1n) is 5.28. The highest BCUT2D eigenvalue weighted by Crippen LogP contribution is 2.25. The maximum Gasteiger partial charge on any atom is 0.195 e. The minimum absolute atomic E-state index is 0.164. The molecule has 0 aromatic carbocycles. The van der Waals surface area contributed by atoms with Crippen LogP contribution in [0.3, 0.4) is 0 Å². The zero-order valence-corrected chi connectivity index (χ0v) is 12.9. The molecule has 0 saturated carbocycles.